The van der Waals surface area contributed by atoms with Crippen molar-refractivity contribution < 1.29 is 19.4 Å². The Morgan fingerprint density at radius 3 is 2.74 bits per heavy atom. The molecule has 0 bridgehead atoms. The molecule has 2 aromatic carbocycles. The summed E-state index contributed by atoms with van der Waals surface area (Å²) in [4.78, 5) is 21.7. The molecule has 3 fully saturated rings. The number of carboxylic acids is 1. The number of likely N-dealkylation sites (N-methyl/N-ethyl adjacent to an activating group) is 1. The Labute approximate surface area is 253 Å². The zero-order valence-electron chi connectivity index (χ0n) is 25.5. The fourth-order valence-corrected chi connectivity index (χ4v) is 8.09. The lowest BCUT2D eigenvalue weighted by Gasteiger charge is -2.31. The highest BCUT2D eigenvalue weighted by Gasteiger charge is 2.70. The second kappa shape index (κ2) is 11.6. The molecule has 0 radical (unpaired) electrons. The van der Waals surface area contributed by atoms with Gasteiger partial charge < -0.3 is 24.4 Å². The predicted molar refractivity (Wildman–Crippen MR) is 168 cm³/mol. The lowest BCUT2D eigenvalue weighted by atomic mass is 9.95. The minimum Gasteiger partial charge on any atom is -0.488 e. The summed E-state index contributed by atoms with van der Waals surface area (Å²) < 4.78 is 12.1. The zero-order chi connectivity index (χ0) is 29.6. The summed E-state index contributed by atoms with van der Waals surface area (Å²) in [6, 6.07) is 11.2. The maximum absolute atomic E-state index is 12.0. The van der Waals surface area contributed by atoms with E-state index in [2.05, 4.69) is 67.3 Å². The summed E-state index contributed by atoms with van der Waals surface area (Å²) in [6.07, 6.45) is 4.03. The third kappa shape index (κ3) is 5.33. The van der Waals surface area contributed by atoms with E-state index in [0.29, 0.717) is 12.6 Å². The molecule has 7 nitrogen and oxygen atoms in total. The summed E-state index contributed by atoms with van der Waals surface area (Å²) >= 11 is 1.59. The van der Waals surface area contributed by atoms with Crippen molar-refractivity contribution in [3.8, 4) is 17.0 Å². The van der Waals surface area contributed by atoms with E-state index in [1.807, 2.05) is 13.0 Å². The molecule has 1 aromatic heterocycles. The third-order valence-electron chi connectivity index (χ3n) is 10.2. The van der Waals surface area contributed by atoms with Crippen LogP contribution in [0.3, 0.4) is 0 Å². The molecule has 3 atom stereocenters. The van der Waals surface area contributed by atoms with Crippen molar-refractivity contribution in [2.75, 3.05) is 38.3 Å². The number of fused-ring (bicyclic) bond motifs is 1. The maximum atomic E-state index is 12.0. The molecular weight excluding hydrogens is 546 g/mol. The zero-order valence-corrected chi connectivity index (χ0v) is 26.3. The monoisotopic (exact) mass is 589 g/mol. The summed E-state index contributed by atoms with van der Waals surface area (Å²) in [5.74, 6) is 0.368. The minimum atomic E-state index is -0.672. The Morgan fingerprint density at radius 2 is 2.00 bits per heavy atom. The summed E-state index contributed by atoms with van der Waals surface area (Å²) in [7, 11) is 2.24. The molecule has 8 heteroatoms. The highest BCUT2D eigenvalue weighted by Crippen LogP contribution is 2.62. The number of hydrogen-bond acceptors (Lipinski definition) is 7. The highest BCUT2D eigenvalue weighted by molar-refractivity contribution is 7.14. The number of nitrogens with zero attached hydrogens (tertiary/aromatic N) is 3. The minimum absolute atomic E-state index is 0.0533. The van der Waals surface area contributed by atoms with E-state index in [1.165, 1.54) is 22.3 Å². The van der Waals surface area contributed by atoms with E-state index < -0.39 is 11.4 Å². The number of ether oxygens (including phenoxy) is 2. The number of hydrogen-bond donors (Lipinski definition) is 1. The van der Waals surface area contributed by atoms with Crippen LogP contribution in [-0.2, 0) is 22.6 Å². The van der Waals surface area contributed by atoms with Gasteiger partial charge in [0.15, 0.2) is 5.13 Å². The van der Waals surface area contributed by atoms with Crippen molar-refractivity contribution in [1.82, 2.24) is 9.88 Å². The SMILES string of the molecule is Cc1ccc(OCc2ccc(C)c(CCN(C)C3CCOCC3)c2C)c(-c2csc(N3C[C@@H]4C[C@]4(C(=O)O)[C@H]3C)n2)c1. The van der Waals surface area contributed by atoms with Gasteiger partial charge in [0.2, 0.25) is 0 Å². The Balaban J connectivity index is 1.16. The average Bonchev–Trinajstić information content (AvgIpc) is 3.38. The number of aryl methyl sites for hydroxylation is 2. The van der Waals surface area contributed by atoms with E-state index in [0.717, 1.165) is 79.7 Å². The number of carboxylic acid groups (broad SMARTS) is 1. The smallest absolute Gasteiger partial charge is 0.312 e. The number of benzene rings is 2. The van der Waals surface area contributed by atoms with E-state index in [9.17, 15) is 9.90 Å². The topological polar surface area (TPSA) is 75.1 Å². The molecule has 0 spiro atoms. The van der Waals surface area contributed by atoms with Crippen molar-refractivity contribution in [2.45, 2.75) is 72.1 Å². The number of aromatic nitrogens is 1. The van der Waals surface area contributed by atoms with Gasteiger partial charge in [-0.05, 0) is 101 Å². The first-order valence-electron chi connectivity index (χ1n) is 15.2. The quantitative estimate of drug-likeness (QED) is 0.299. The van der Waals surface area contributed by atoms with Gasteiger partial charge >= 0.3 is 5.97 Å². The van der Waals surface area contributed by atoms with Gasteiger partial charge in [-0.2, -0.15) is 0 Å². The number of anilines is 1. The van der Waals surface area contributed by atoms with Crippen LogP contribution in [0.2, 0.25) is 0 Å². The predicted octanol–water partition coefficient (Wildman–Crippen LogP) is 6.27. The van der Waals surface area contributed by atoms with E-state index in [-0.39, 0.29) is 12.0 Å². The highest BCUT2D eigenvalue weighted by atomic mass is 32.1. The van der Waals surface area contributed by atoms with Crippen molar-refractivity contribution in [1.29, 1.82) is 0 Å². The second-order valence-corrected chi connectivity index (χ2v) is 13.4. The van der Waals surface area contributed by atoms with Gasteiger partial charge in [0.05, 0.1) is 11.1 Å². The van der Waals surface area contributed by atoms with Gasteiger partial charge in [0.1, 0.15) is 12.4 Å². The van der Waals surface area contributed by atoms with Crippen LogP contribution in [0.1, 0.15) is 54.0 Å². The van der Waals surface area contributed by atoms with Gasteiger partial charge in [-0.1, -0.05) is 23.8 Å². The van der Waals surface area contributed by atoms with Crippen LogP contribution in [0, 0.1) is 32.1 Å². The van der Waals surface area contributed by atoms with Crippen molar-refractivity contribution in [2.24, 2.45) is 11.3 Å². The number of aliphatic carboxylic acids is 1. The molecular formula is C34H43N3O4S. The van der Waals surface area contributed by atoms with E-state index in [1.54, 1.807) is 11.3 Å². The first-order valence-corrected chi connectivity index (χ1v) is 16.1. The maximum Gasteiger partial charge on any atom is 0.312 e. The number of thiazole rings is 1. The van der Waals surface area contributed by atoms with Gasteiger partial charge in [-0.15, -0.1) is 11.3 Å². The number of carbonyl (C=O) groups is 1. The van der Waals surface area contributed by atoms with Crippen molar-refractivity contribution in [3.05, 3.63) is 63.5 Å². The van der Waals surface area contributed by atoms with Crippen LogP contribution in [0.25, 0.3) is 11.3 Å². The summed E-state index contributed by atoms with van der Waals surface area (Å²) in [6.45, 7) is 12.6. The largest absolute Gasteiger partial charge is 0.488 e. The molecule has 3 heterocycles. The molecule has 0 amide bonds. The molecule has 1 saturated carbocycles. The first-order chi connectivity index (χ1) is 20.2. The normalized spacial score (nSPS) is 23.8. The van der Waals surface area contributed by atoms with Crippen LogP contribution in [0.15, 0.2) is 35.7 Å². The molecule has 224 valence electrons. The number of piperidine rings is 1. The number of rotatable bonds is 10. The van der Waals surface area contributed by atoms with Gasteiger partial charge in [-0.25, -0.2) is 4.98 Å². The van der Waals surface area contributed by atoms with E-state index >= 15 is 0 Å². The molecule has 1 aliphatic carbocycles. The molecule has 0 unspecified atom stereocenters. The molecule has 2 saturated heterocycles. The second-order valence-electron chi connectivity index (χ2n) is 12.6. The van der Waals surface area contributed by atoms with Crippen molar-refractivity contribution >= 4 is 22.4 Å². The van der Waals surface area contributed by atoms with Crippen LogP contribution in [0.4, 0.5) is 5.13 Å². The Kier molecular flexibility index (Phi) is 8.07. The molecule has 42 heavy (non-hydrogen) atoms. The standard InChI is InChI=1S/C34H43N3O4S/c1-21-6-9-31(29(16-21)30-20-42-33(35-30)37-18-26-17-34(26,24(37)4)32(38)39)41-19-25-8-7-22(2)28(23(25)3)10-13-36(5)27-11-14-40-15-12-27/h6-9,16,20,24,26-27H,10-15,17-19H2,1-5H3,(H,38,39)/t24-,26+,34+/m1/s1. The Bertz CT molecular complexity index is 1460. The van der Waals surface area contributed by atoms with Crippen LogP contribution >= 0.6 is 11.3 Å². The van der Waals surface area contributed by atoms with Gasteiger partial charge in [-0.3, -0.25) is 4.79 Å². The molecule has 6 rings (SSSR count). The lowest BCUT2D eigenvalue weighted by Crippen LogP contribution is -2.37. The van der Waals surface area contributed by atoms with Crippen molar-refractivity contribution in [3.63, 3.8) is 0 Å². The van der Waals surface area contributed by atoms with Crippen LogP contribution in [-0.4, -0.2) is 66.4 Å². The van der Waals surface area contributed by atoms with E-state index in [4.69, 9.17) is 14.5 Å². The Hall–Kier alpha value is -2.94. The fourth-order valence-electron chi connectivity index (χ4n) is 7.17. The molecule has 3 aromatic rings. The Morgan fingerprint density at radius 1 is 1.21 bits per heavy atom. The van der Waals surface area contributed by atoms with Crippen LogP contribution < -0.4 is 9.64 Å². The van der Waals surface area contributed by atoms with Crippen LogP contribution in [0.5, 0.6) is 5.75 Å². The molecule has 2 aliphatic heterocycles. The van der Waals surface area contributed by atoms with Gasteiger partial charge in [0.25, 0.3) is 0 Å². The third-order valence-corrected chi connectivity index (χ3v) is 11.1. The molecule has 1 N–H and O–H groups in total. The fraction of sp³-hybridized carbons (Fsp3) is 0.529. The van der Waals surface area contributed by atoms with Gasteiger partial charge in [0, 0.05) is 49.3 Å². The lowest BCUT2D eigenvalue weighted by molar-refractivity contribution is -0.144. The molecule has 3 aliphatic rings. The summed E-state index contributed by atoms with van der Waals surface area (Å²) in [5.41, 5.74) is 7.67. The average molecular weight is 590 g/mol. The summed E-state index contributed by atoms with van der Waals surface area (Å²) in [5, 5.41) is 12.8. The first kappa shape index (κ1) is 29.1.